The number of rotatable bonds is 0. The van der Waals surface area contributed by atoms with E-state index in [2.05, 4.69) is 0 Å². The number of benzene rings is 1. The smallest absolute Gasteiger partial charge is 0.475 e. The third-order valence-electron chi connectivity index (χ3n) is 1.56. The van der Waals surface area contributed by atoms with Crippen molar-refractivity contribution in [2.45, 2.75) is 12.4 Å². The van der Waals surface area contributed by atoms with Crippen LogP contribution in [0.2, 0.25) is 0 Å². The van der Waals surface area contributed by atoms with Gasteiger partial charge in [0.2, 0.25) is 0 Å². The fourth-order valence-corrected chi connectivity index (χ4v) is 0.765. The van der Waals surface area contributed by atoms with Crippen LogP contribution in [0.1, 0.15) is 11.1 Å². The summed E-state index contributed by atoms with van der Waals surface area (Å²) in [5.41, 5.74) is -0.772. The van der Waals surface area contributed by atoms with Crippen molar-refractivity contribution < 1.29 is 36.2 Å². The molecule has 104 valence electrons. The number of carbonyl (C=O) groups is 1. The molecule has 0 fully saturated rings. The lowest BCUT2D eigenvalue weighted by atomic mass is 10.1. The van der Waals surface area contributed by atoms with E-state index in [0.29, 0.717) is 0 Å². The number of nitriles is 1. The number of aliphatic carboxylic acids is 1. The van der Waals surface area contributed by atoms with Crippen molar-refractivity contribution in [1.82, 2.24) is 0 Å². The molecule has 1 aromatic rings. The second-order valence-electron chi connectivity index (χ2n) is 2.99. The Morgan fingerprint density at radius 1 is 1.16 bits per heavy atom. The quantitative estimate of drug-likeness (QED) is 0.744. The van der Waals surface area contributed by atoms with E-state index in [1.54, 1.807) is 6.07 Å². The van der Waals surface area contributed by atoms with Gasteiger partial charge in [-0.15, -0.1) is 0 Å². The molecule has 3 nitrogen and oxygen atoms in total. The molecule has 0 amide bonds. The van der Waals surface area contributed by atoms with Gasteiger partial charge in [0.05, 0.1) is 17.2 Å². The lowest BCUT2D eigenvalue weighted by molar-refractivity contribution is -0.192. The van der Waals surface area contributed by atoms with Gasteiger partial charge in [-0.2, -0.15) is 31.6 Å². The Hall–Kier alpha value is -2.24. The van der Waals surface area contributed by atoms with Gasteiger partial charge in [0.25, 0.3) is 0 Å². The van der Waals surface area contributed by atoms with Crippen LogP contribution < -0.4 is 0 Å². The van der Waals surface area contributed by atoms with E-state index < -0.39 is 23.9 Å². The maximum Gasteiger partial charge on any atom is 0.490 e. The number of carboxylic acids is 1. The molecule has 1 rings (SSSR count). The van der Waals surface area contributed by atoms with Crippen LogP contribution in [-0.2, 0) is 11.0 Å². The Balaban J connectivity index is 0.000000399. The minimum absolute atomic E-state index is 0.0184. The number of alkyl halides is 6. The first kappa shape index (κ1) is 16.8. The number of nitrogens with zero attached hydrogens (tertiary/aromatic N) is 1. The predicted octanol–water partition coefficient (Wildman–Crippen LogP) is 3.21. The van der Waals surface area contributed by atoms with E-state index in [9.17, 15) is 26.3 Å². The lowest BCUT2D eigenvalue weighted by Gasteiger charge is -2.05. The van der Waals surface area contributed by atoms with Gasteiger partial charge in [0, 0.05) is 0 Å². The summed E-state index contributed by atoms with van der Waals surface area (Å²) in [5, 5.41) is 15.4. The molecule has 1 aromatic carbocycles. The Labute approximate surface area is 102 Å². The van der Waals surface area contributed by atoms with E-state index in [0.717, 1.165) is 12.1 Å². The summed E-state index contributed by atoms with van der Waals surface area (Å²) in [5.74, 6) is -2.76. The minimum atomic E-state index is -5.08. The van der Waals surface area contributed by atoms with Crippen LogP contribution in [0.25, 0.3) is 0 Å². The highest BCUT2D eigenvalue weighted by atomic mass is 19.4. The Bertz CT molecular complexity index is 486. The molecule has 0 bridgehead atoms. The summed E-state index contributed by atoms with van der Waals surface area (Å²) in [4.78, 5) is 8.90. The molecule has 0 spiro atoms. The molecule has 0 heterocycles. The van der Waals surface area contributed by atoms with Crippen LogP contribution in [0.15, 0.2) is 24.3 Å². The second kappa shape index (κ2) is 6.08. The summed E-state index contributed by atoms with van der Waals surface area (Å²) in [6, 6.07) is 5.93. The van der Waals surface area contributed by atoms with Crippen molar-refractivity contribution in [2.24, 2.45) is 0 Å². The molecule has 0 aliphatic heterocycles. The maximum atomic E-state index is 12.0. The standard InChI is InChI=1S/C8H4F3N.C2HF3O2/c9-8(10,11)7-3-1-2-6(4-7)5-12;3-2(4,5)1(6)7/h1-4H;(H,6,7). The van der Waals surface area contributed by atoms with Crippen molar-refractivity contribution in [3.05, 3.63) is 35.4 Å². The van der Waals surface area contributed by atoms with Crippen molar-refractivity contribution >= 4 is 5.97 Å². The lowest BCUT2D eigenvalue weighted by Crippen LogP contribution is -2.21. The monoisotopic (exact) mass is 285 g/mol. The highest BCUT2D eigenvalue weighted by molar-refractivity contribution is 5.73. The highest BCUT2D eigenvalue weighted by Crippen LogP contribution is 2.29. The molecule has 0 aliphatic carbocycles. The van der Waals surface area contributed by atoms with E-state index in [4.69, 9.17) is 15.2 Å². The number of carboxylic acid groups (broad SMARTS) is 1. The predicted molar refractivity (Wildman–Crippen MR) is 49.8 cm³/mol. The van der Waals surface area contributed by atoms with Gasteiger partial charge in [0.15, 0.2) is 0 Å². The van der Waals surface area contributed by atoms with Gasteiger partial charge < -0.3 is 5.11 Å². The van der Waals surface area contributed by atoms with Gasteiger partial charge in [-0.3, -0.25) is 0 Å². The molecular formula is C10H5F6NO2. The van der Waals surface area contributed by atoms with Gasteiger partial charge in [-0.05, 0) is 18.2 Å². The molecule has 0 radical (unpaired) electrons. The zero-order valence-electron chi connectivity index (χ0n) is 8.88. The van der Waals surface area contributed by atoms with Crippen LogP contribution in [0.3, 0.4) is 0 Å². The summed E-state index contributed by atoms with van der Waals surface area (Å²) in [6.45, 7) is 0. The number of hydrogen-bond acceptors (Lipinski definition) is 2. The van der Waals surface area contributed by atoms with Crippen molar-refractivity contribution in [3.63, 3.8) is 0 Å². The van der Waals surface area contributed by atoms with E-state index in [1.807, 2.05) is 0 Å². The average molecular weight is 285 g/mol. The van der Waals surface area contributed by atoms with Crippen molar-refractivity contribution in [2.75, 3.05) is 0 Å². The van der Waals surface area contributed by atoms with E-state index >= 15 is 0 Å². The molecule has 9 heteroatoms. The number of hydrogen-bond donors (Lipinski definition) is 1. The molecule has 0 atom stereocenters. The first-order chi connectivity index (χ1) is 8.48. The van der Waals surface area contributed by atoms with Crippen molar-refractivity contribution in [1.29, 1.82) is 5.26 Å². The second-order valence-corrected chi connectivity index (χ2v) is 2.99. The molecule has 0 aromatic heterocycles. The van der Waals surface area contributed by atoms with Gasteiger partial charge in [-0.1, -0.05) is 6.07 Å². The summed E-state index contributed by atoms with van der Waals surface area (Å²) < 4.78 is 67.7. The molecule has 0 saturated carbocycles. The Morgan fingerprint density at radius 3 is 1.95 bits per heavy atom. The minimum Gasteiger partial charge on any atom is -0.475 e. The third-order valence-corrected chi connectivity index (χ3v) is 1.56. The first-order valence-corrected chi connectivity index (χ1v) is 4.36. The fourth-order valence-electron chi connectivity index (χ4n) is 0.765. The normalized spacial score (nSPS) is 11.0. The zero-order chi connectivity index (χ0) is 15.3. The first-order valence-electron chi connectivity index (χ1n) is 4.36. The van der Waals surface area contributed by atoms with Crippen LogP contribution in [-0.4, -0.2) is 17.3 Å². The van der Waals surface area contributed by atoms with Crippen LogP contribution in [0.5, 0.6) is 0 Å². The Kier molecular flexibility index (Phi) is 5.36. The van der Waals surface area contributed by atoms with Crippen LogP contribution in [0, 0.1) is 11.3 Å². The average Bonchev–Trinajstić information content (AvgIpc) is 2.27. The third kappa shape index (κ3) is 6.30. The molecular weight excluding hydrogens is 280 g/mol. The summed E-state index contributed by atoms with van der Waals surface area (Å²) in [7, 11) is 0. The summed E-state index contributed by atoms with van der Waals surface area (Å²) in [6.07, 6.45) is -9.45. The molecule has 19 heavy (non-hydrogen) atoms. The number of halogens is 6. The topological polar surface area (TPSA) is 61.1 Å². The fraction of sp³-hybridized carbons (Fsp3) is 0.200. The maximum absolute atomic E-state index is 12.0. The molecule has 0 saturated heterocycles. The molecule has 1 N–H and O–H groups in total. The van der Waals surface area contributed by atoms with E-state index in [-0.39, 0.29) is 5.56 Å². The SMILES string of the molecule is N#Cc1cccc(C(F)(F)F)c1.O=C(O)C(F)(F)F. The summed E-state index contributed by atoms with van der Waals surface area (Å²) >= 11 is 0. The largest absolute Gasteiger partial charge is 0.490 e. The van der Waals surface area contributed by atoms with Crippen molar-refractivity contribution in [3.8, 4) is 6.07 Å². The zero-order valence-corrected chi connectivity index (χ0v) is 8.88. The molecule has 0 aliphatic rings. The van der Waals surface area contributed by atoms with Gasteiger partial charge in [-0.25, -0.2) is 4.79 Å². The van der Waals surface area contributed by atoms with Gasteiger partial charge >= 0.3 is 18.3 Å². The van der Waals surface area contributed by atoms with E-state index in [1.165, 1.54) is 12.1 Å². The Morgan fingerprint density at radius 2 is 1.63 bits per heavy atom. The van der Waals surface area contributed by atoms with Crippen LogP contribution in [0.4, 0.5) is 26.3 Å². The highest BCUT2D eigenvalue weighted by Gasteiger charge is 2.38. The molecule has 0 unspecified atom stereocenters. The van der Waals surface area contributed by atoms with Crippen LogP contribution >= 0.6 is 0 Å². The van der Waals surface area contributed by atoms with Gasteiger partial charge in [0.1, 0.15) is 0 Å².